The Balaban J connectivity index is 2.28. The van der Waals surface area contributed by atoms with Crippen LogP contribution in [0.25, 0.3) is 0 Å². The number of thiazole rings is 1. The fourth-order valence-electron chi connectivity index (χ4n) is 1.68. The minimum atomic E-state index is -3.85. The van der Waals surface area contributed by atoms with Gasteiger partial charge >= 0.3 is 0 Å². The number of nitrogens with one attached hydrogen (secondary N) is 1. The second-order valence-corrected chi connectivity index (χ2v) is 7.39. The van der Waals surface area contributed by atoms with E-state index < -0.39 is 21.9 Å². The molecule has 0 fully saturated rings. The molecule has 0 spiro atoms. The van der Waals surface area contributed by atoms with Gasteiger partial charge in [-0.2, -0.15) is 5.26 Å². The summed E-state index contributed by atoms with van der Waals surface area (Å²) < 4.78 is 40.2. The first-order valence-electron chi connectivity index (χ1n) is 5.98. The Bertz CT molecular complexity index is 809. The van der Waals surface area contributed by atoms with Gasteiger partial charge in [0.25, 0.3) is 0 Å². The summed E-state index contributed by atoms with van der Waals surface area (Å²) in [5, 5.41) is 9.40. The number of hydrogen-bond donors (Lipinski definition) is 1. The van der Waals surface area contributed by atoms with Crippen LogP contribution < -0.4 is 4.72 Å². The maximum atomic E-state index is 13.2. The van der Waals surface area contributed by atoms with Gasteiger partial charge in [-0.05, 0) is 32.0 Å². The Morgan fingerprint density at radius 1 is 1.48 bits per heavy atom. The zero-order chi connectivity index (χ0) is 15.6. The molecule has 1 unspecified atom stereocenters. The summed E-state index contributed by atoms with van der Waals surface area (Å²) in [6, 6.07) is 4.21. The summed E-state index contributed by atoms with van der Waals surface area (Å²) in [5.41, 5.74) is -0.310. The quantitative estimate of drug-likeness (QED) is 0.936. The fraction of sp³-hybridized carbons (Fsp3) is 0.231. The average molecular weight is 325 g/mol. The number of aryl methyl sites for hydroxylation is 1. The maximum Gasteiger partial charge on any atom is 0.241 e. The highest BCUT2D eigenvalue weighted by Crippen LogP contribution is 2.22. The molecule has 0 saturated carbocycles. The minimum absolute atomic E-state index is 0.152. The minimum Gasteiger partial charge on any atom is -0.248 e. The van der Waals surface area contributed by atoms with Crippen molar-refractivity contribution in [3.05, 3.63) is 45.7 Å². The van der Waals surface area contributed by atoms with E-state index in [0.29, 0.717) is 5.01 Å². The summed E-state index contributed by atoms with van der Waals surface area (Å²) in [4.78, 5) is 4.94. The molecule has 8 heteroatoms. The highest BCUT2D eigenvalue weighted by atomic mass is 32.2. The number of aromatic nitrogens is 1. The first-order chi connectivity index (χ1) is 9.83. The maximum absolute atomic E-state index is 13.2. The van der Waals surface area contributed by atoms with Crippen molar-refractivity contribution in [1.29, 1.82) is 5.26 Å². The summed E-state index contributed by atoms with van der Waals surface area (Å²) in [7, 11) is -3.85. The monoisotopic (exact) mass is 325 g/mol. The molecule has 1 N–H and O–H groups in total. The van der Waals surface area contributed by atoms with Crippen molar-refractivity contribution in [2.75, 3.05) is 0 Å². The van der Waals surface area contributed by atoms with E-state index >= 15 is 0 Å². The van der Waals surface area contributed by atoms with Crippen molar-refractivity contribution < 1.29 is 12.8 Å². The fourth-order valence-corrected chi connectivity index (χ4v) is 3.77. The van der Waals surface area contributed by atoms with Gasteiger partial charge in [0.1, 0.15) is 16.9 Å². The van der Waals surface area contributed by atoms with Crippen LogP contribution in [0.2, 0.25) is 0 Å². The highest BCUT2D eigenvalue weighted by molar-refractivity contribution is 7.89. The zero-order valence-corrected chi connectivity index (χ0v) is 12.9. The van der Waals surface area contributed by atoms with Crippen LogP contribution >= 0.6 is 11.3 Å². The number of nitriles is 1. The lowest BCUT2D eigenvalue weighted by Gasteiger charge is -2.12. The predicted octanol–water partition coefficient (Wildman–Crippen LogP) is 2.50. The molecule has 1 aromatic heterocycles. The van der Waals surface area contributed by atoms with E-state index in [4.69, 9.17) is 5.26 Å². The first kappa shape index (κ1) is 15.6. The molecule has 2 aromatic rings. The second kappa shape index (κ2) is 5.89. The first-order valence-corrected chi connectivity index (χ1v) is 8.28. The van der Waals surface area contributed by atoms with Crippen molar-refractivity contribution in [2.45, 2.75) is 24.8 Å². The normalized spacial score (nSPS) is 12.9. The van der Waals surface area contributed by atoms with Gasteiger partial charge in [-0.3, -0.25) is 0 Å². The van der Waals surface area contributed by atoms with E-state index in [1.54, 1.807) is 19.2 Å². The topological polar surface area (TPSA) is 82.8 Å². The lowest BCUT2D eigenvalue weighted by atomic mass is 10.2. The van der Waals surface area contributed by atoms with Gasteiger partial charge in [0, 0.05) is 11.1 Å². The molecule has 1 atom stereocenters. The third-order valence-corrected chi connectivity index (χ3v) is 5.34. The molecule has 0 aliphatic carbocycles. The van der Waals surface area contributed by atoms with Gasteiger partial charge in [0.15, 0.2) is 0 Å². The number of sulfonamides is 1. The largest absolute Gasteiger partial charge is 0.248 e. The van der Waals surface area contributed by atoms with Gasteiger partial charge in [-0.1, -0.05) is 0 Å². The Morgan fingerprint density at radius 2 is 2.19 bits per heavy atom. The lowest BCUT2D eigenvalue weighted by Crippen LogP contribution is -2.27. The van der Waals surface area contributed by atoms with Crippen molar-refractivity contribution in [3.8, 4) is 6.07 Å². The van der Waals surface area contributed by atoms with Crippen molar-refractivity contribution in [3.63, 3.8) is 0 Å². The molecular weight excluding hydrogens is 313 g/mol. The van der Waals surface area contributed by atoms with Crippen molar-refractivity contribution in [1.82, 2.24) is 9.71 Å². The second-order valence-electron chi connectivity index (χ2n) is 4.41. The van der Waals surface area contributed by atoms with Crippen molar-refractivity contribution in [2.24, 2.45) is 0 Å². The number of nitrogens with zero attached hydrogens (tertiary/aromatic N) is 2. The van der Waals surface area contributed by atoms with Gasteiger partial charge in [-0.25, -0.2) is 22.5 Å². The van der Waals surface area contributed by atoms with Crippen LogP contribution in [0.3, 0.4) is 0 Å². The van der Waals surface area contributed by atoms with Gasteiger partial charge < -0.3 is 0 Å². The van der Waals surface area contributed by atoms with E-state index in [9.17, 15) is 12.8 Å². The third kappa shape index (κ3) is 3.44. The molecule has 0 aliphatic heterocycles. The number of hydrogen-bond acceptors (Lipinski definition) is 5. The molecule has 2 rings (SSSR count). The average Bonchev–Trinajstić information content (AvgIpc) is 2.85. The third-order valence-electron chi connectivity index (χ3n) is 2.71. The molecule has 1 heterocycles. The molecule has 0 amide bonds. The molecule has 0 radical (unpaired) electrons. The number of halogens is 1. The van der Waals surface area contributed by atoms with Crippen molar-refractivity contribution >= 4 is 21.4 Å². The standard InChI is InChI=1S/C13H12FN3O2S2/c1-8-7-16-13(20-8)9(2)17-21(18,19)11-3-4-12(14)10(5-11)6-15/h3-5,7,9,17H,1-2H3. The molecule has 0 aliphatic rings. The van der Waals surface area contributed by atoms with E-state index in [1.165, 1.54) is 11.3 Å². The molecule has 1 aromatic carbocycles. The van der Waals surface area contributed by atoms with Gasteiger partial charge in [0.2, 0.25) is 10.0 Å². The van der Waals surface area contributed by atoms with E-state index in [2.05, 4.69) is 9.71 Å². The van der Waals surface area contributed by atoms with Crippen LogP contribution in [0.1, 0.15) is 28.4 Å². The summed E-state index contributed by atoms with van der Waals surface area (Å²) >= 11 is 1.39. The Kier molecular flexibility index (Phi) is 4.37. The molecule has 21 heavy (non-hydrogen) atoms. The lowest BCUT2D eigenvalue weighted by molar-refractivity contribution is 0.565. The predicted molar refractivity (Wildman–Crippen MR) is 76.7 cm³/mol. The van der Waals surface area contributed by atoms with E-state index in [0.717, 1.165) is 23.1 Å². The Morgan fingerprint density at radius 3 is 2.76 bits per heavy atom. The van der Waals surface area contributed by atoms with Crippen LogP contribution in [-0.4, -0.2) is 13.4 Å². The van der Waals surface area contributed by atoms with E-state index in [-0.39, 0.29) is 10.5 Å². The number of rotatable bonds is 4. The van der Waals surface area contributed by atoms with Crippen LogP contribution in [0.15, 0.2) is 29.3 Å². The summed E-state index contributed by atoms with van der Waals surface area (Å²) in [6.45, 7) is 3.55. The Hall–Kier alpha value is -1.82. The summed E-state index contributed by atoms with van der Waals surface area (Å²) in [6.07, 6.45) is 1.66. The number of benzene rings is 1. The smallest absolute Gasteiger partial charge is 0.241 e. The van der Waals surface area contributed by atoms with Gasteiger partial charge in [0.05, 0.1) is 16.5 Å². The van der Waals surface area contributed by atoms with Crippen LogP contribution in [0.5, 0.6) is 0 Å². The molecule has 5 nitrogen and oxygen atoms in total. The Labute approximate surface area is 126 Å². The van der Waals surface area contributed by atoms with Crippen LogP contribution in [0, 0.1) is 24.1 Å². The highest BCUT2D eigenvalue weighted by Gasteiger charge is 2.21. The molecule has 110 valence electrons. The van der Waals surface area contributed by atoms with Crippen LogP contribution in [-0.2, 0) is 10.0 Å². The summed E-state index contributed by atoms with van der Waals surface area (Å²) in [5.74, 6) is -0.750. The zero-order valence-electron chi connectivity index (χ0n) is 11.3. The van der Waals surface area contributed by atoms with Crippen LogP contribution in [0.4, 0.5) is 4.39 Å². The van der Waals surface area contributed by atoms with Gasteiger partial charge in [-0.15, -0.1) is 11.3 Å². The molecule has 0 bridgehead atoms. The van der Waals surface area contributed by atoms with E-state index in [1.807, 2.05) is 6.92 Å². The molecule has 0 saturated heterocycles. The molecular formula is C13H12FN3O2S2. The SMILES string of the molecule is Cc1cnc(C(C)NS(=O)(=O)c2ccc(F)c(C#N)c2)s1.